The Labute approximate surface area is 198 Å². The number of carbonyl (C=O) groups is 2. The molecule has 0 aliphatic heterocycles. The third-order valence-corrected chi connectivity index (χ3v) is 6.84. The molecule has 0 atom stereocenters. The number of sulfonamides is 1. The predicted molar refractivity (Wildman–Crippen MR) is 128 cm³/mol. The molecule has 3 aromatic carbocycles. The molecular weight excluding hydrogens is 464 g/mol. The molecule has 33 heavy (non-hydrogen) atoms. The molecule has 172 valence electrons. The average Bonchev–Trinajstić information content (AvgIpc) is 2.80. The van der Waals surface area contributed by atoms with Crippen molar-refractivity contribution in [2.75, 3.05) is 22.8 Å². The zero-order valence-corrected chi connectivity index (χ0v) is 19.7. The van der Waals surface area contributed by atoms with Gasteiger partial charge >= 0.3 is 5.97 Å². The molecule has 7 nitrogen and oxygen atoms in total. The SMILES string of the molecule is CCOC(=O)c1ccc(NC(=O)CN(c2ccccc2C)S(=O)(=O)c2ccccc2)c(Cl)c1. The van der Waals surface area contributed by atoms with E-state index in [9.17, 15) is 18.0 Å². The van der Waals surface area contributed by atoms with E-state index in [2.05, 4.69) is 5.32 Å². The lowest BCUT2D eigenvalue weighted by Gasteiger charge is -2.25. The highest BCUT2D eigenvalue weighted by Gasteiger charge is 2.28. The minimum absolute atomic E-state index is 0.0675. The van der Waals surface area contributed by atoms with Crippen LogP contribution in [0.3, 0.4) is 0 Å². The Hall–Kier alpha value is -3.36. The zero-order chi connectivity index (χ0) is 24.0. The van der Waals surface area contributed by atoms with Gasteiger partial charge in [0.15, 0.2) is 0 Å². The van der Waals surface area contributed by atoms with Crippen molar-refractivity contribution in [1.29, 1.82) is 0 Å². The van der Waals surface area contributed by atoms with Gasteiger partial charge in [-0.05, 0) is 55.8 Å². The Kier molecular flexibility index (Phi) is 7.73. The maximum absolute atomic E-state index is 13.4. The van der Waals surface area contributed by atoms with Crippen molar-refractivity contribution in [3.05, 3.63) is 88.9 Å². The van der Waals surface area contributed by atoms with Crippen LogP contribution in [0.15, 0.2) is 77.7 Å². The minimum Gasteiger partial charge on any atom is -0.462 e. The largest absolute Gasteiger partial charge is 0.462 e. The highest BCUT2D eigenvalue weighted by atomic mass is 35.5. The molecule has 1 amide bonds. The fraction of sp³-hybridized carbons (Fsp3) is 0.167. The van der Waals surface area contributed by atoms with Crippen LogP contribution in [0.5, 0.6) is 0 Å². The van der Waals surface area contributed by atoms with Crippen LogP contribution in [0.25, 0.3) is 0 Å². The number of nitrogens with one attached hydrogen (secondary N) is 1. The number of para-hydroxylation sites is 1. The molecular formula is C24H23ClN2O5S. The Morgan fingerprint density at radius 3 is 2.30 bits per heavy atom. The first-order chi connectivity index (χ1) is 15.7. The molecule has 0 bridgehead atoms. The van der Waals surface area contributed by atoms with Crippen molar-refractivity contribution < 1.29 is 22.7 Å². The number of aryl methyl sites for hydroxylation is 1. The second-order valence-electron chi connectivity index (χ2n) is 7.07. The van der Waals surface area contributed by atoms with E-state index in [1.165, 1.54) is 30.3 Å². The van der Waals surface area contributed by atoms with Gasteiger partial charge in [-0.1, -0.05) is 48.0 Å². The van der Waals surface area contributed by atoms with Crippen LogP contribution >= 0.6 is 11.6 Å². The summed E-state index contributed by atoms with van der Waals surface area (Å²) in [5.74, 6) is -1.12. The smallest absolute Gasteiger partial charge is 0.338 e. The van der Waals surface area contributed by atoms with E-state index in [1.54, 1.807) is 56.3 Å². The van der Waals surface area contributed by atoms with Crippen LogP contribution in [0, 0.1) is 6.92 Å². The monoisotopic (exact) mass is 486 g/mol. The first kappa shape index (κ1) is 24.3. The maximum atomic E-state index is 13.4. The van der Waals surface area contributed by atoms with Gasteiger partial charge < -0.3 is 10.1 Å². The van der Waals surface area contributed by atoms with Gasteiger partial charge in [0.2, 0.25) is 5.91 Å². The second kappa shape index (κ2) is 10.5. The molecule has 9 heteroatoms. The second-order valence-corrected chi connectivity index (χ2v) is 9.34. The lowest BCUT2D eigenvalue weighted by molar-refractivity contribution is -0.114. The first-order valence-corrected chi connectivity index (χ1v) is 12.0. The highest BCUT2D eigenvalue weighted by molar-refractivity contribution is 7.92. The number of rotatable bonds is 8. The van der Waals surface area contributed by atoms with Gasteiger partial charge in [-0.25, -0.2) is 13.2 Å². The molecule has 0 unspecified atom stereocenters. The number of hydrogen-bond acceptors (Lipinski definition) is 5. The number of amides is 1. The van der Waals surface area contributed by atoms with E-state index in [-0.39, 0.29) is 27.8 Å². The summed E-state index contributed by atoms with van der Waals surface area (Å²) in [5.41, 5.74) is 1.58. The number of esters is 1. The standard InChI is InChI=1S/C24H23ClN2O5S/c1-3-32-24(29)18-13-14-21(20(25)15-18)26-23(28)16-27(22-12-8-7-9-17(22)2)33(30,31)19-10-5-4-6-11-19/h4-15H,3,16H2,1-2H3,(H,26,28). The van der Waals surface area contributed by atoms with Crippen molar-refractivity contribution in [1.82, 2.24) is 0 Å². The van der Waals surface area contributed by atoms with Crippen LogP contribution in [-0.4, -0.2) is 33.4 Å². The van der Waals surface area contributed by atoms with E-state index in [0.29, 0.717) is 11.3 Å². The summed E-state index contributed by atoms with van der Waals surface area (Å²) in [4.78, 5) is 24.8. The summed E-state index contributed by atoms with van der Waals surface area (Å²) in [6, 6.07) is 19.1. The first-order valence-electron chi connectivity index (χ1n) is 10.1. The van der Waals surface area contributed by atoms with Crippen LogP contribution in [0.2, 0.25) is 5.02 Å². The van der Waals surface area contributed by atoms with Crippen molar-refractivity contribution >= 4 is 44.9 Å². The third-order valence-electron chi connectivity index (χ3n) is 4.76. The van der Waals surface area contributed by atoms with E-state index in [0.717, 1.165) is 4.31 Å². The number of anilines is 2. The number of nitrogens with zero attached hydrogens (tertiary/aromatic N) is 1. The average molecular weight is 487 g/mol. The van der Waals surface area contributed by atoms with E-state index < -0.39 is 28.4 Å². The summed E-state index contributed by atoms with van der Waals surface area (Å²) in [6.45, 7) is 3.21. The Balaban J connectivity index is 1.89. The Bertz CT molecular complexity index is 1260. The third kappa shape index (κ3) is 5.71. The molecule has 3 aromatic rings. The number of benzene rings is 3. The number of halogens is 1. The lowest BCUT2D eigenvalue weighted by atomic mass is 10.2. The molecule has 0 radical (unpaired) electrons. The van der Waals surface area contributed by atoms with Crippen LogP contribution in [0.1, 0.15) is 22.8 Å². The van der Waals surface area contributed by atoms with Crippen molar-refractivity contribution in [2.45, 2.75) is 18.7 Å². The quantitative estimate of drug-likeness (QED) is 0.467. The van der Waals surface area contributed by atoms with Gasteiger partial charge in [-0.3, -0.25) is 9.10 Å². The molecule has 0 aliphatic carbocycles. The summed E-state index contributed by atoms with van der Waals surface area (Å²) >= 11 is 6.23. The van der Waals surface area contributed by atoms with Gasteiger partial charge in [-0.15, -0.1) is 0 Å². The van der Waals surface area contributed by atoms with Crippen molar-refractivity contribution in [3.8, 4) is 0 Å². The molecule has 0 aliphatic rings. The van der Waals surface area contributed by atoms with Gasteiger partial charge in [-0.2, -0.15) is 0 Å². The van der Waals surface area contributed by atoms with Crippen molar-refractivity contribution in [2.24, 2.45) is 0 Å². The van der Waals surface area contributed by atoms with E-state index in [4.69, 9.17) is 16.3 Å². The topological polar surface area (TPSA) is 92.8 Å². The summed E-state index contributed by atoms with van der Waals surface area (Å²) in [5, 5.41) is 2.75. The van der Waals surface area contributed by atoms with Crippen molar-refractivity contribution in [3.63, 3.8) is 0 Å². The van der Waals surface area contributed by atoms with Crippen LogP contribution in [-0.2, 0) is 19.6 Å². The minimum atomic E-state index is -4.02. The van der Waals surface area contributed by atoms with Gasteiger partial charge in [0.25, 0.3) is 10.0 Å². The van der Waals surface area contributed by atoms with Gasteiger partial charge in [0.1, 0.15) is 6.54 Å². The van der Waals surface area contributed by atoms with E-state index >= 15 is 0 Å². The summed E-state index contributed by atoms with van der Waals surface area (Å²) in [7, 11) is -4.02. The van der Waals surface area contributed by atoms with Gasteiger partial charge in [0, 0.05) is 0 Å². The van der Waals surface area contributed by atoms with Gasteiger partial charge in [0.05, 0.1) is 33.5 Å². The molecule has 0 saturated carbocycles. The maximum Gasteiger partial charge on any atom is 0.338 e. The Morgan fingerprint density at radius 2 is 1.67 bits per heavy atom. The molecule has 0 heterocycles. The summed E-state index contributed by atoms with van der Waals surface area (Å²) in [6.07, 6.45) is 0. The zero-order valence-electron chi connectivity index (χ0n) is 18.1. The van der Waals surface area contributed by atoms with Crippen LogP contribution in [0.4, 0.5) is 11.4 Å². The number of ether oxygens (including phenoxy) is 1. The molecule has 0 fully saturated rings. The molecule has 1 N–H and O–H groups in total. The Morgan fingerprint density at radius 1 is 1.00 bits per heavy atom. The normalized spacial score (nSPS) is 11.0. The number of carbonyl (C=O) groups excluding carboxylic acids is 2. The van der Waals surface area contributed by atoms with Crippen LogP contribution < -0.4 is 9.62 Å². The summed E-state index contributed by atoms with van der Waals surface area (Å²) < 4.78 is 32.8. The highest BCUT2D eigenvalue weighted by Crippen LogP contribution is 2.28. The predicted octanol–water partition coefficient (Wildman–Crippen LogP) is 4.66. The number of hydrogen-bond donors (Lipinski definition) is 1. The lowest BCUT2D eigenvalue weighted by Crippen LogP contribution is -2.38. The molecule has 0 saturated heterocycles. The molecule has 3 rings (SSSR count). The van der Waals surface area contributed by atoms with E-state index in [1.807, 2.05) is 0 Å². The fourth-order valence-electron chi connectivity index (χ4n) is 3.14. The molecule has 0 spiro atoms. The fourth-order valence-corrected chi connectivity index (χ4v) is 4.87. The molecule has 0 aromatic heterocycles.